The number of hydrogen-bond donors (Lipinski definition) is 1. The minimum absolute atomic E-state index is 0.0809. The summed E-state index contributed by atoms with van der Waals surface area (Å²) in [5, 5.41) is 15.6. The van der Waals surface area contributed by atoms with Crippen LogP contribution in [-0.2, 0) is 0 Å². The number of nitrogens with two attached hydrogens (primary N) is 1. The largest absolute Gasteiger partial charge is 0.336 e. The lowest BCUT2D eigenvalue weighted by molar-refractivity contribution is -0.384. The molecule has 2 heterocycles. The van der Waals surface area contributed by atoms with Crippen molar-refractivity contribution in [2.75, 3.05) is 13.1 Å². The van der Waals surface area contributed by atoms with Gasteiger partial charge in [0.25, 0.3) is 11.6 Å². The molecule has 2 aliphatic rings. The maximum Gasteiger partial charge on any atom is 0.294 e. The van der Waals surface area contributed by atoms with Crippen molar-refractivity contribution in [2.24, 2.45) is 17.6 Å². The first-order chi connectivity index (χ1) is 13.4. The molecule has 1 aliphatic heterocycles. The van der Waals surface area contributed by atoms with E-state index in [9.17, 15) is 19.7 Å². The van der Waals surface area contributed by atoms with Gasteiger partial charge < -0.3 is 10.6 Å². The molecule has 2 fully saturated rings. The number of hydrogen-bond acceptors (Lipinski definition) is 6. The zero-order valence-electron chi connectivity index (χ0n) is 15.4. The molecule has 3 atom stereocenters. The average Bonchev–Trinajstić information content (AvgIpc) is 3.23. The van der Waals surface area contributed by atoms with Gasteiger partial charge in [0.15, 0.2) is 5.69 Å². The summed E-state index contributed by atoms with van der Waals surface area (Å²) in [4.78, 5) is 37.9. The summed E-state index contributed by atoms with van der Waals surface area (Å²) in [6.07, 6.45) is 1.95. The Morgan fingerprint density at radius 2 is 2.04 bits per heavy atom. The van der Waals surface area contributed by atoms with Crippen molar-refractivity contribution in [1.82, 2.24) is 14.7 Å². The van der Waals surface area contributed by atoms with E-state index in [-0.39, 0.29) is 29.0 Å². The van der Waals surface area contributed by atoms with E-state index in [2.05, 4.69) is 5.10 Å². The molecular weight excluding hydrogens is 362 g/mol. The number of benzene rings is 1. The average molecular weight is 383 g/mol. The molecule has 1 saturated carbocycles. The van der Waals surface area contributed by atoms with Crippen LogP contribution in [0.2, 0.25) is 0 Å². The fourth-order valence-electron chi connectivity index (χ4n) is 4.36. The van der Waals surface area contributed by atoms with Gasteiger partial charge in [0, 0.05) is 37.0 Å². The molecule has 2 aromatic rings. The monoisotopic (exact) mass is 383 g/mol. The summed E-state index contributed by atoms with van der Waals surface area (Å²) in [5.41, 5.74) is 5.89. The van der Waals surface area contributed by atoms with Gasteiger partial charge in [-0.1, -0.05) is 12.1 Å². The number of carbonyl (C=O) groups excluding carboxylic acids is 1. The van der Waals surface area contributed by atoms with Gasteiger partial charge in [-0.05, 0) is 37.7 Å². The predicted molar refractivity (Wildman–Crippen MR) is 101 cm³/mol. The molecule has 3 unspecified atom stereocenters. The highest BCUT2D eigenvalue weighted by atomic mass is 16.6. The number of nitro groups is 1. The first-order valence-corrected chi connectivity index (χ1v) is 9.26. The summed E-state index contributed by atoms with van der Waals surface area (Å²) in [6.45, 7) is 2.71. The molecule has 1 amide bonds. The van der Waals surface area contributed by atoms with Gasteiger partial charge in [0.2, 0.25) is 5.43 Å². The zero-order valence-corrected chi connectivity index (χ0v) is 15.4. The van der Waals surface area contributed by atoms with Crippen molar-refractivity contribution >= 4 is 11.6 Å². The molecular formula is C19H21N5O4. The minimum Gasteiger partial charge on any atom is -0.336 e. The SMILES string of the molecule is Cc1cc(=O)c(C(=O)N2CC3CCC(N)C3C2)nn1-c1ccccc1[N+](=O)[O-]. The van der Waals surface area contributed by atoms with E-state index in [1.807, 2.05) is 0 Å². The smallest absolute Gasteiger partial charge is 0.294 e. The van der Waals surface area contributed by atoms with Crippen LogP contribution in [0.25, 0.3) is 5.69 Å². The topological polar surface area (TPSA) is 124 Å². The van der Waals surface area contributed by atoms with Crippen LogP contribution in [0.5, 0.6) is 0 Å². The summed E-state index contributed by atoms with van der Waals surface area (Å²) >= 11 is 0. The van der Waals surface area contributed by atoms with E-state index in [1.54, 1.807) is 24.0 Å². The number of likely N-dealkylation sites (tertiary alicyclic amines) is 1. The molecule has 4 rings (SSSR count). The summed E-state index contributed by atoms with van der Waals surface area (Å²) in [7, 11) is 0. The standard InChI is InChI=1S/C19H21N5O4/c1-11-8-17(25)18(19(26)22-9-12-6-7-14(20)13(12)10-22)21-23(11)15-4-2-3-5-16(15)24(27)28/h2-5,8,12-14H,6-7,9-10,20H2,1H3. The number of nitrogens with zero attached hydrogens (tertiary/aromatic N) is 4. The third-order valence-electron chi connectivity index (χ3n) is 5.82. The molecule has 1 saturated heterocycles. The number of amides is 1. The quantitative estimate of drug-likeness (QED) is 0.628. The molecule has 9 nitrogen and oxygen atoms in total. The number of aryl methyl sites for hydroxylation is 1. The van der Waals surface area contributed by atoms with Crippen molar-refractivity contribution in [1.29, 1.82) is 0 Å². The highest BCUT2D eigenvalue weighted by molar-refractivity contribution is 5.92. The second kappa shape index (κ2) is 6.83. The highest BCUT2D eigenvalue weighted by Gasteiger charge is 2.43. The van der Waals surface area contributed by atoms with E-state index >= 15 is 0 Å². The van der Waals surface area contributed by atoms with E-state index < -0.39 is 16.3 Å². The molecule has 1 aliphatic carbocycles. The Morgan fingerprint density at radius 3 is 2.75 bits per heavy atom. The van der Waals surface area contributed by atoms with Gasteiger partial charge >= 0.3 is 0 Å². The van der Waals surface area contributed by atoms with Crippen LogP contribution in [0, 0.1) is 28.9 Å². The minimum atomic E-state index is -0.515. The summed E-state index contributed by atoms with van der Waals surface area (Å²) < 4.78 is 1.29. The Labute approximate surface area is 160 Å². The second-order valence-corrected chi connectivity index (χ2v) is 7.53. The number of rotatable bonds is 3. The van der Waals surface area contributed by atoms with Crippen molar-refractivity contribution in [2.45, 2.75) is 25.8 Å². The van der Waals surface area contributed by atoms with E-state index in [1.165, 1.54) is 22.9 Å². The summed E-state index contributed by atoms with van der Waals surface area (Å²) in [6, 6.07) is 7.47. The lowest BCUT2D eigenvalue weighted by Gasteiger charge is -2.19. The van der Waals surface area contributed by atoms with Crippen molar-refractivity contribution in [3.63, 3.8) is 0 Å². The molecule has 28 heavy (non-hydrogen) atoms. The van der Waals surface area contributed by atoms with Crippen LogP contribution in [0.3, 0.4) is 0 Å². The molecule has 1 aromatic carbocycles. The fourth-order valence-corrected chi connectivity index (χ4v) is 4.36. The van der Waals surface area contributed by atoms with Gasteiger partial charge in [0.1, 0.15) is 5.69 Å². The number of para-hydroxylation sites is 2. The Hall–Kier alpha value is -3.07. The van der Waals surface area contributed by atoms with Crippen molar-refractivity contribution in [3.05, 3.63) is 62.1 Å². The third-order valence-corrected chi connectivity index (χ3v) is 5.82. The normalized spacial score (nSPS) is 23.6. The number of carbonyl (C=O) groups is 1. The maximum atomic E-state index is 13.0. The first kappa shape index (κ1) is 18.3. The summed E-state index contributed by atoms with van der Waals surface area (Å²) in [5.74, 6) is 0.174. The van der Waals surface area contributed by atoms with Crippen molar-refractivity contribution in [3.8, 4) is 5.69 Å². The number of nitro benzene ring substituents is 1. The molecule has 146 valence electrons. The number of fused-ring (bicyclic) bond motifs is 1. The molecule has 1 aromatic heterocycles. The predicted octanol–water partition coefficient (Wildman–Crippen LogP) is 1.26. The second-order valence-electron chi connectivity index (χ2n) is 7.53. The lowest BCUT2D eigenvalue weighted by atomic mass is 9.98. The molecule has 2 N–H and O–H groups in total. The van der Waals surface area contributed by atoms with E-state index in [4.69, 9.17) is 5.73 Å². The van der Waals surface area contributed by atoms with E-state index in [0.717, 1.165) is 12.8 Å². The molecule has 0 radical (unpaired) electrons. The van der Waals surface area contributed by atoms with E-state index in [0.29, 0.717) is 24.7 Å². The van der Waals surface area contributed by atoms with Crippen molar-refractivity contribution < 1.29 is 9.72 Å². The molecule has 9 heteroatoms. The zero-order chi connectivity index (χ0) is 20.0. The van der Waals surface area contributed by atoms with Gasteiger partial charge in [-0.2, -0.15) is 5.10 Å². The van der Waals surface area contributed by atoms with Crippen LogP contribution < -0.4 is 11.2 Å². The highest BCUT2D eigenvalue weighted by Crippen LogP contribution is 2.37. The lowest BCUT2D eigenvalue weighted by Crippen LogP contribution is -2.37. The Morgan fingerprint density at radius 1 is 1.29 bits per heavy atom. The van der Waals surface area contributed by atoms with Crippen LogP contribution in [0.15, 0.2) is 35.1 Å². The van der Waals surface area contributed by atoms with Gasteiger partial charge in [-0.25, -0.2) is 4.68 Å². The fraction of sp³-hybridized carbons (Fsp3) is 0.421. The van der Waals surface area contributed by atoms with Gasteiger partial charge in [0.05, 0.1) is 4.92 Å². The third kappa shape index (κ3) is 2.97. The molecule has 0 bridgehead atoms. The number of aromatic nitrogens is 2. The van der Waals surface area contributed by atoms with Crippen LogP contribution in [0.1, 0.15) is 29.0 Å². The molecule has 0 spiro atoms. The Bertz CT molecular complexity index is 1020. The first-order valence-electron chi connectivity index (χ1n) is 9.26. The van der Waals surface area contributed by atoms with Crippen LogP contribution in [0.4, 0.5) is 5.69 Å². The maximum absolute atomic E-state index is 13.0. The van der Waals surface area contributed by atoms with Crippen LogP contribution >= 0.6 is 0 Å². The van der Waals surface area contributed by atoms with Gasteiger partial charge in [-0.15, -0.1) is 0 Å². The van der Waals surface area contributed by atoms with Crippen LogP contribution in [-0.4, -0.2) is 44.6 Å². The van der Waals surface area contributed by atoms with Gasteiger partial charge in [-0.3, -0.25) is 19.7 Å². The Balaban J connectivity index is 1.72. The Kier molecular flexibility index (Phi) is 4.46.